The molecule has 128 valence electrons. The second-order valence-corrected chi connectivity index (χ2v) is 5.63. The van der Waals surface area contributed by atoms with Gasteiger partial charge in [0, 0.05) is 10.6 Å². The van der Waals surface area contributed by atoms with Crippen molar-refractivity contribution in [2.75, 3.05) is 12.4 Å². The maximum absolute atomic E-state index is 12.4. The van der Waals surface area contributed by atoms with Crippen molar-refractivity contribution in [3.63, 3.8) is 0 Å². The molecule has 7 heteroatoms. The van der Waals surface area contributed by atoms with Gasteiger partial charge in [-0.2, -0.15) is 0 Å². The van der Waals surface area contributed by atoms with Crippen molar-refractivity contribution in [2.45, 2.75) is 6.10 Å². The highest BCUT2D eigenvalue weighted by molar-refractivity contribution is 6.32. The Labute approximate surface area is 149 Å². The van der Waals surface area contributed by atoms with Crippen LogP contribution >= 0.6 is 11.6 Å². The van der Waals surface area contributed by atoms with Crippen molar-refractivity contribution in [1.82, 2.24) is 5.48 Å². The minimum absolute atomic E-state index is 0.264. The molecule has 1 atom stereocenters. The van der Waals surface area contributed by atoms with E-state index in [-0.39, 0.29) is 5.56 Å². The Kier molecular flexibility index (Phi) is 5.02. The summed E-state index contributed by atoms with van der Waals surface area (Å²) in [5, 5.41) is 3.22. The molecule has 0 fully saturated rings. The number of hydroxylamine groups is 1. The molecule has 1 aliphatic heterocycles. The van der Waals surface area contributed by atoms with E-state index in [9.17, 15) is 9.59 Å². The van der Waals surface area contributed by atoms with E-state index in [0.717, 1.165) is 5.56 Å². The monoisotopic (exact) mass is 358 g/mol. The third kappa shape index (κ3) is 3.65. The highest BCUT2D eigenvalue weighted by Crippen LogP contribution is 2.26. The molecule has 1 amide bonds. The van der Waals surface area contributed by atoms with Crippen molar-refractivity contribution in [1.29, 1.82) is 0 Å². The van der Waals surface area contributed by atoms with E-state index in [1.54, 1.807) is 36.4 Å². The summed E-state index contributed by atoms with van der Waals surface area (Å²) in [7, 11) is 1.28. The fourth-order valence-electron chi connectivity index (χ4n) is 2.38. The molecule has 0 saturated heterocycles. The maximum Gasteiger partial charge on any atom is 0.339 e. The Hall–Kier alpha value is -2.83. The maximum atomic E-state index is 12.4. The molecule has 6 nitrogen and oxygen atoms in total. The molecule has 3 rings (SSSR count). The van der Waals surface area contributed by atoms with Crippen LogP contribution in [-0.4, -0.2) is 25.1 Å². The summed E-state index contributed by atoms with van der Waals surface area (Å²) in [6.07, 6.45) is 0.758. The number of amides is 1. The van der Waals surface area contributed by atoms with Gasteiger partial charge >= 0.3 is 5.97 Å². The number of ether oxygens (including phenoxy) is 1. The van der Waals surface area contributed by atoms with Gasteiger partial charge in [0.25, 0.3) is 5.91 Å². The number of rotatable bonds is 4. The van der Waals surface area contributed by atoms with Gasteiger partial charge in [0.1, 0.15) is 0 Å². The SMILES string of the molecule is COC(=O)c1ccccc1NC(=O)[C@H]1C=C(c2ccccc2Cl)NO1. The summed E-state index contributed by atoms with van der Waals surface area (Å²) in [4.78, 5) is 29.5. The van der Waals surface area contributed by atoms with E-state index in [2.05, 4.69) is 10.8 Å². The molecule has 0 aliphatic carbocycles. The van der Waals surface area contributed by atoms with Gasteiger partial charge in [-0.05, 0) is 24.3 Å². The molecule has 0 spiro atoms. The molecule has 0 saturated carbocycles. The van der Waals surface area contributed by atoms with Crippen molar-refractivity contribution < 1.29 is 19.2 Å². The van der Waals surface area contributed by atoms with E-state index in [4.69, 9.17) is 21.2 Å². The Balaban J connectivity index is 1.78. The average molecular weight is 359 g/mol. The summed E-state index contributed by atoms with van der Waals surface area (Å²) >= 11 is 6.14. The number of esters is 1. The Bertz CT molecular complexity index is 850. The zero-order valence-corrected chi connectivity index (χ0v) is 14.0. The summed E-state index contributed by atoms with van der Waals surface area (Å²) in [6, 6.07) is 13.8. The standard InChI is InChI=1S/C18H15ClN2O4/c1-24-18(23)12-7-3-5-9-14(12)20-17(22)16-10-15(21-25-16)11-6-2-4-8-13(11)19/h2-10,16,21H,1H3,(H,20,22)/t16-/m1/s1. The molecule has 1 heterocycles. The summed E-state index contributed by atoms with van der Waals surface area (Å²) in [5.74, 6) is -0.959. The van der Waals surface area contributed by atoms with Crippen LogP contribution in [0.3, 0.4) is 0 Å². The number of hydrogen-bond donors (Lipinski definition) is 2. The zero-order chi connectivity index (χ0) is 17.8. The van der Waals surface area contributed by atoms with Gasteiger partial charge in [-0.3, -0.25) is 15.1 Å². The fourth-order valence-corrected chi connectivity index (χ4v) is 2.62. The van der Waals surface area contributed by atoms with Crippen LogP contribution < -0.4 is 10.8 Å². The summed E-state index contributed by atoms with van der Waals surface area (Å²) in [5.41, 5.74) is 4.65. The number of para-hydroxylation sites is 1. The quantitative estimate of drug-likeness (QED) is 0.822. The fraction of sp³-hybridized carbons (Fsp3) is 0.111. The van der Waals surface area contributed by atoms with Gasteiger partial charge < -0.3 is 10.1 Å². The van der Waals surface area contributed by atoms with Crippen LogP contribution in [0.25, 0.3) is 5.70 Å². The number of carbonyl (C=O) groups is 2. The molecule has 1 aliphatic rings. The third-order valence-electron chi connectivity index (χ3n) is 3.63. The molecule has 2 aromatic carbocycles. The lowest BCUT2D eigenvalue weighted by Gasteiger charge is -2.11. The molecule has 2 aromatic rings. The van der Waals surface area contributed by atoms with E-state index >= 15 is 0 Å². The number of halogens is 1. The molecular formula is C18H15ClN2O4. The van der Waals surface area contributed by atoms with E-state index in [0.29, 0.717) is 16.4 Å². The van der Waals surface area contributed by atoms with Crippen LogP contribution in [0.4, 0.5) is 5.69 Å². The lowest BCUT2D eigenvalue weighted by Crippen LogP contribution is -2.29. The van der Waals surface area contributed by atoms with Crippen molar-refractivity contribution in [2.24, 2.45) is 0 Å². The number of hydrogen-bond acceptors (Lipinski definition) is 5. The number of anilines is 1. The second kappa shape index (κ2) is 7.38. The first-order valence-corrected chi connectivity index (χ1v) is 7.84. The second-order valence-electron chi connectivity index (χ2n) is 5.23. The van der Waals surface area contributed by atoms with Crippen molar-refractivity contribution in [3.05, 3.63) is 70.8 Å². The van der Waals surface area contributed by atoms with Crippen molar-refractivity contribution >= 4 is 34.9 Å². The lowest BCUT2D eigenvalue weighted by molar-refractivity contribution is -0.125. The largest absolute Gasteiger partial charge is 0.465 e. The Morgan fingerprint density at radius 1 is 1.16 bits per heavy atom. The van der Waals surface area contributed by atoms with E-state index < -0.39 is 18.0 Å². The van der Waals surface area contributed by atoms with Gasteiger partial charge in [0.15, 0.2) is 6.10 Å². The number of carbonyl (C=O) groups excluding carboxylic acids is 2. The Morgan fingerprint density at radius 3 is 2.64 bits per heavy atom. The molecule has 0 unspecified atom stereocenters. The summed E-state index contributed by atoms with van der Waals surface area (Å²) < 4.78 is 4.71. The van der Waals surface area contributed by atoms with Gasteiger partial charge in [-0.25, -0.2) is 4.79 Å². The molecular weight excluding hydrogens is 344 g/mol. The highest BCUT2D eigenvalue weighted by atomic mass is 35.5. The van der Waals surface area contributed by atoms with Gasteiger partial charge in [0.05, 0.1) is 24.1 Å². The minimum atomic E-state index is -0.864. The predicted octanol–water partition coefficient (Wildman–Crippen LogP) is 3.01. The van der Waals surface area contributed by atoms with Crippen LogP contribution in [0.5, 0.6) is 0 Å². The smallest absolute Gasteiger partial charge is 0.339 e. The van der Waals surface area contributed by atoms with Crippen molar-refractivity contribution in [3.8, 4) is 0 Å². The number of benzene rings is 2. The first-order valence-electron chi connectivity index (χ1n) is 7.46. The first kappa shape index (κ1) is 17.0. The number of nitrogens with one attached hydrogen (secondary N) is 2. The molecule has 0 radical (unpaired) electrons. The zero-order valence-electron chi connectivity index (χ0n) is 13.3. The minimum Gasteiger partial charge on any atom is -0.465 e. The Morgan fingerprint density at radius 2 is 1.88 bits per heavy atom. The van der Waals surface area contributed by atoms with E-state index in [1.807, 2.05) is 18.2 Å². The molecule has 25 heavy (non-hydrogen) atoms. The van der Waals surface area contributed by atoms with Gasteiger partial charge in [-0.1, -0.05) is 41.9 Å². The van der Waals surface area contributed by atoms with Gasteiger partial charge in [-0.15, -0.1) is 0 Å². The third-order valence-corrected chi connectivity index (χ3v) is 3.96. The predicted molar refractivity (Wildman–Crippen MR) is 93.8 cm³/mol. The van der Waals surface area contributed by atoms with Crippen LogP contribution in [0.1, 0.15) is 15.9 Å². The average Bonchev–Trinajstić information content (AvgIpc) is 3.12. The summed E-state index contributed by atoms with van der Waals surface area (Å²) in [6.45, 7) is 0. The molecule has 0 bridgehead atoms. The number of methoxy groups -OCH3 is 1. The first-order chi connectivity index (χ1) is 12.1. The van der Waals surface area contributed by atoms with Crippen LogP contribution in [0.15, 0.2) is 54.6 Å². The highest BCUT2D eigenvalue weighted by Gasteiger charge is 2.26. The molecule has 2 N–H and O–H groups in total. The van der Waals surface area contributed by atoms with Crippen LogP contribution in [-0.2, 0) is 14.4 Å². The van der Waals surface area contributed by atoms with Crippen LogP contribution in [0.2, 0.25) is 5.02 Å². The van der Waals surface area contributed by atoms with Gasteiger partial charge in [0.2, 0.25) is 0 Å². The topological polar surface area (TPSA) is 76.7 Å². The van der Waals surface area contributed by atoms with Crippen LogP contribution in [0, 0.1) is 0 Å². The molecule has 0 aromatic heterocycles. The lowest BCUT2D eigenvalue weighted by atomic mass is 10.1. The van der Waals surface area contributed by atoms with E-state index in [1.165, 1.54) is 7.11 Å². The normalized spacial score (nSPS) is 15.9.